The Morgan fingerprint density at radius 2 is 1.94 bits per heavy atom. The first-order chi connectivity index (χ1) is 7.79. The van der Waals surface area contributed by atoms with Crippen LogP contribution in [0.2, 0.25) is 0 Å². The fourth-order valence-electron chi connectivity index (χ4n) is 1.21. The van der Waals surface area contributed by atoms with Crippen molar-refractivity contribution in [2.75, 3.05) is 12.8 Å². The second kappa shape index (κ2) is 4.57. The van der Waals surface area contributed by atoms with Crippen LogP contribution < -0.4 is 15.2 Å². The van der Waals surface area contributed by atoms with Gasteiger partial charge >= 0.3 is 0 Å². The molecular formula is C11H12N2O3. The summed E-state index contributed by atoms with van der Waals surface area (Å²) in [6.07, 6.45) is 1.54. The highest BCUT2D eigenvalue weighted by atomic mass is 16.5. The summed E-state index contributed by atoms with van der Waals surface area (Å²) in [6, 6.07) is 7.30. The van der Waals surface area contributed by atoms with Crippen molar-refractivity contribution < 1.29 is 14.0 Å². The third-order valence-electron chi connectivity index (χ3n) is 2.13. The summed E-state index contributed by atoms with van der Waals surface area (Å²) in [6.45, 7) is 0.335. The quantitative estimate of drug-likeness (QED) is 0.851. The van der Waals surface area contributed by atoms with E-state index in [-0.39, 0.29) is 5.88 Å². The molecule has 0 radical (unpaired) electrons. The van der Waals surface area contributed by atoms with Gasteiger partial charge in [0.05, 0.1) is 18.9 Å². The summed E-state index contributed by atoms with van der Waals surface area (Å²) in [5, 5.41) is 3.56. The maximum Gasteiger partial charge on any atom is 0.228 e. The van der Waals surface area contributed by atoms with Crippen molar-refractivity contribution in [3.63, 3.8) is 0 Å². The Bertz CT molecular complexity index is 451. The minimum absolute atomic E-state index is 0.286. The topological polar surface area (TPSA) is 70.5 Å². The second-order valence-electron chi connectivity index (χ2n) is 3.18. The van der Waals surface area contributed by atoms with Crippen molar-refractivity contribution in [3.8, 4) is 11.5 Å². The molecule has 0 aliphatic heterocycles. The van der Waals surface area contributed by atoms with E-state index in [0.29, 0.717) is 6.61 Å². The number of benzene rings is 1. The fourth-order valence-corrected chi connectivity index (χ4v) is 1.21. The van der Waals surface area contributed by atoms with Crippen LogP contribution in [-0.4, -0.2) is 12.3 Å². The Morgan fingerprint density at radius 3 is 2.50 bits per heavy atom. The molecular weight excluding hydrogens is 208 g/mol. The lowest BCUT2D eigenvalue weighted by atomic mass is 10.3. The van der Waals surface area contributed by atoms with Gasteiger partial charge in [-0.3, -0.25) is 0 Å². The zero-order chi connectivity index (χ0) is 11.4. The van der Waals surface area contributed by atoms with E-state index in [1.165, 1.54) is 0 Å². The third-order valence-corrected chi connectivity index (χ3v) is 2.13. The van der Waals surface area contributed by atoms with Crippen LogP contribution in [-0.2, 0) is 6.61 Å². The number of hydrogen-bond donors (Lipinski definition) is 1. The molecule has 84 valence electrons. The maximum atomic E-state index is 5.52. The summed E-state index contributed by atoms with van der Waals surface area (Å²) < 4.78 is 15.3. The van der Waals surface area contributed by atoms with Crippen molar-refractivity contribution in [3.05, 3.63) is 36.0 Å². The van der Waals surface area contributed by atoms with E-state index in [9.17, 15) is 0 Å². The molecule has 0 unspecified atom stereocenters. The van der Waals surface area contributed by atoms with Crippen LogP contribution >= 0.6 is 0 Å². The number of anilines is 1. The van der Waals surface area contributed by atoms with E-state index in [1.54, 1.807) is 13.3 Å². The van der Waals surface area contributed by atoms with Crippen LogP contribution in [0.15, 0.2) is 35.0 Å². The molecule has 0 aliphatic carbocycles. The van der Waals surface area contributed by atoms with Crippen molar-refractivity contribution in [2.24, 2.45) is 0 Å². The molecule has 0 amide bonds. The molecule has 2 rings (SSSR count). The van der Waals surface area contributed by atoms with Crippen LogP contribution in [0.1, 0.15) is 5.56 Å². The lowest BCUT2D eigenvalue weighted by molar-refractivity contribution is 0.305. The van der Waals surface area contributed by atoms with Gasteiger partial charge < -0.3 is 19.7 Å². The number of aromatic nitrogens is 1. The van der Waals surface area contributed by atoms with E-state index in [2.05, 4.69) is 5.16 Å². The smallest absolute Gasteiger partial charge is 0.228 e. The first-order valence-corrected chi connectivity index (χ1v) is 4.75. The predicted octanol–water partition coefficient (Wildman–Crippen LogP) is 1.84. The number of nitrogen functional groups attached to an aromatic ring is 1. The highest BCUT2D eigenvalue weighted by Gasteiger charge is 2.04. The molecule has 1 aromatic carbocycles. The first-order valence-electron chi connectivity index (χ1n) is 4.75. The van der Waals surface area contributed by atoms with Crippen molar-refractivity contribution in [2.45, 2.75) is 6.61 Å². The number of methoxy groups -OCH3 is 1. The zero-order valence-corrected chi connectivity index (χ0v) is 8.84. The van der Waals surface area contributed by atoms with Crippen LogP contribution in [0, 0.1) is 0 Å². The highest BCUT2D eigenvalue weighted by Crippen LogP contribution is 2.19. The summed E-state index contributed by atoms with van der Waals surface area (Å²) in [7, 11) is 1.62. The van der Waals surface area contributed by atoms with E-state index in [0.717, 1.165) is 17.1 Å². The highest BCUT2D eigenvalue weighted by molar-refractivity contribution is 5.34. The standard InChI is InChI=1S/C11H12N2O3/c1-14-9-2-4-10(5-3-9)15-7-8-6-13-16-11(8)12/h2-6H,7,12H2,1H3. The lowest BCUT2D eigenvalue weighted by Gasteiger charge is -2.05. The monoisotopic (exact) mass is 220 g/mol. The van der Waals surface area contributed by atoms with Gasteiger partial charge in [-0.05, 0) is 24.3 Å². The second-order valence-corrected chi connectivity index (χ2v) is 3.18. The van der Waals surface area contributed by atoms with Gasteiger partial charge in [0.2, 0.25) is 5.88 Å². The van der Waals surface area contributed by atoms with E-state index >= 15 is 0 Å². The molecule has 0 aliphatic rings. The number of hydrogen-bond acceptors (Lipinski definition) is 5. The van der Waals surface area contributed by atoms with Crippen LogP contribution in [0.25, 0.3) is 0 Å². The van der Waals surface area contributed by atoms with Crippen molar-refractivity contribution in [1.29, 1.82) is 0 Å². The molecule has 0 saturated heterocycles. The molecule has 0 spiro atoms. The van der Waals surface area contributed by atoms with Gasteiger partial charge in [0, 0.05) is 0 Å². The van der Waals surface area contributed by atoms with Crippen LogP contribution in [0.3, 0.4) is 0 Å². The molecule has 0 atom stereocenters. The summed E-state index contributed by atoms with van der Waals surface area (Å²) in [5.74, 6) is 1.81. The van der Waals surface area contributed by atoms with Crippen molar-refractivity contribution in [1.82, 2.24) is 5.16 Å². The Kier molecular flexibility index (Phi) is 2.95. The van der Waals surface area contributed by atoms with E-state index in [1.807, 2.05) is 24.3 Å². The van der Waals surface area contributed by atoms with Crippen LogP contribution in [0.5, 0.6) is 11.5 Å². The molecule has 1 heterocycles. The van der Waals surface area contributed by atoms with Gasteiger partial charge in [0.25, 0.3) is 0 Å². The van der Waals surface area contributed by atoms with Gasteiger partial charge in [-0.25, -0.2) is 0 Å². The molecule has 0 saturated carbocycles. The predicted molar refractivity (Wildman–Crippen MR) is 58.2 cm³/mol. The first kappa shape index (κ1) is 10.4. The van der Waals surface area contributed by atoms with E-state index < -0.39 is 0 Å². The minimum atomic E-state index is 0.286. The third kappa shape index (κ3) is 2.25. The zero-order valence-electron chi connectivity index (χ0n) is 8.84. The fraction of sp³-hybridized carbons (Fsp3) is 0.182. The molecule has 2 N–H and O–H groups in total. The molecule has 5 heteroatoms. The summed E-state index contributed by atoms with van der Waals surface area (Å²) in [4.78, 5) is 0. The van der Waals surface area contributed by atoms with Gasteiger partial charge in [-0.1, -0.05) is 5.16 Å². The van der Waals surface area contributed by atoms with Gasteiger partial charge in [0.1, 0.15) is 18.1 Å². The normalized spacial score (nSPS) is 10.1. The molecule has 0 bridgehead atoms. The number of ether oxygens (including phenoxy) is 2. The molecule has 0 fully saturated rings. The Hall–Kier alpha value is -2.17. The summed E-state index contributed by atoms with van der Waals surface area (Å²) >= 11 is 0. The molecule has 16 heavy (non-hydrogen) atoms. The van der Waals surface area contributed by atoms with Gasteiger partial charge in [-0.15, -0.1) is 0 Å². The average molecular weight is 220 g/mol. The van der Waals surface area contributed by atoms with Gasteiger partial charge in [-0.2, -0.15) is 0 Å². The largest absolute Gasteiger partial charge is 0.497 e. The lowest BCUT2D eigenvalue weighted by Crippen LogP contribution is -1.97. The number of nitrogens with zero attached hydrogens (tertiary/aromatic N) is 1. The molecule has 5 nitrogen and oxygen atoms in total. The van der Waals surface area contributed by atoms with E-state index in [4.69, 9.17) is 19.7 Å². The van der Waals surface area contributed by atoms with Crippen LogP contribution in [0.4, 0.5) is 5.88 Å². The maximum absolute atomic E-state index is 5.52. The summed E-state index contributed by atoms with van der Waals surface area (Å²) in [5.41, 5.74) is 6.25. The molecule has 2 aromatic rings. The van der Waals surface area contributed by atoms with Gasteiger partial charge in [0.15, 0.2) is 0 Å². The Morgan fingerprint density at radius 1 is 1.25 bits per heavy atom. The number of nitrogens with two attached hydrogens (primary N) is 1. The minimum Gasteiger partial charge on any atom is -0.497 e. The Labute approximate surface area is 92.8 Å². The Balaban J connectivity index is 1.97. The van der Waals surface area contributed by atoms with Crippen molar-refractivity contribution >= 4 is 5.88 Å². The average Bonchev–Trinajstić information content (AvgIpc) is 2.73. The molecule has 1 aromatic heterocycles. The number of rotatable bonds is 4. The SMILES string of the molecule is COc1ccc(OCc2cnoc2N)cc1.